The van der Waals surface area contributed by atoms with E-state index in [2.05, 4.69) is 19.8 Å². The lowest BCUT2D eigenvalue weighted by Crippen LogP contribution is -2.29. The summed E-state index contributed by atoms with van der Waals surface area (Å²) < 4.78 is 30.6. The van der Waals surface area contributed by atoms with Crippen LogP contribution in [0.2, 0.25) is 0 Å². The van der Waals surface area contributed by atoms with E-state index in [1.165, 1.54) is 12.1 Å². The van der Waals surface area contributed by atoms with Gasteiger partial charge >= 0.3 is 11.1 Å². The Balaban J connectivity index is 1.75. The smallest absolute Gasteiger partial charge is 0.314 e. The largest absolute Gasteiger partial charge is 0.316 e. The van der Waals surface area contributed by atoms with Crippen LogP contribution < -0.4 is 15.8 Å². The van der Waals surface area contributed by atoms with Gasteiger partial charge in [-0.25, -0.2) is 8.42 Å². The van der Waals surface area contributed by atoms with Gasteiger partial charge in [0.25, 0.3) is 10.0 Å². The molecule has 0 atom stereocenters. The highest BCUT2D eigenvalue weighted by Gasteiger charge is 2.20. The maximum Gasteiger partial charge on any atom is 0.314 e. The molecule has 0 spiro atoms. The number of aromatic nitrogens is 4. The van der Waals surface area contributed by atoms with Crippen LogP contribution in [0, 0.1) is 20.8 Å². The molecule has 2 heterocycles. The van der Waals surface area contributed by atoms with Gasteiger partial charge in [0.1, 0.15) is 0 Å². The molecule has 0 amide bonds. The van der Waals surface area contributed by atoms with Crippen LogP contribution >= 0.6 is 0 Å². The number of aromatic amines is 2. The van der Waals surface area contributed by atoms with Crippen molar-refractivity contribution in [3.05, 3.63) is 74.1 Å². The van der Waals surface area contributed by atoms with Gasteiger partial charge in [-0.2, -0.15) is 5.10 Å². The Kier molecular flexibility index (Phi) is 4.81. The average Bonchev–Trinajstić information content (AvgIpc) is 3.07. The molecule has 4 aromatic rings. The third kappa shape index (κ3) is 3.77. The number of aryl methyl sites for hydroxylation is 4. The molecular formula is C21H21N5O4S. The predicted molar refractivity (Wildman–Crippen MR) is 119 cm³/mol. The highest BCUT2D eigenvalue weighted by atomic mass is 32.2. The number of nitrogens with zero attached hydrogens (tertiary/aromatic N) is 2. The summed E-state index contributed by atoms with van der Waals surface area (Å²) in [5.41, 5.74) is 3.58. The van der Waals surface area contributed by atoms with Gasteiger partial charge in [0.15, 0.2) is 0 Å². The zero-order valence-corrected chi connectivity index (χ0v) is 18.2. The van der Waals surface area contributed by atoms with Crippen LogP contribution in [0.5, 0.6) is 0 Å². The number of fused-ring (bicyclic) bond motifs is 1. The zero-order valence-electron chi connectivity index (χ0n) is 17.4. The maximum atomic E-state index is 13.1. The molecule has 0 aliphatic rings. The second-order valence-corrected chi connectivity index (χ2v) is 9.22. The van der Waals surface area contributed by atoms with Gasteiger partial charge in [-0.1, -0.05) is 0 Å². The van der Waals surface area contributed by atoms with E-state index in [0.717, 1.165) is 22.3 Å². The first kappa shape index (κ1) is 20.6. The Morgan fingerprint density at radius 3 is 2.03 bits per heavy atom. The Hall–Kier alpha value is -3.66. The summed E-state index contributed by atoms with van der Waals surface area (Å²) in [6, 6.07) is 6.39. The van der Waals surface area contributed by atoms with E-state index in [9.17, 15) is 18.0 Å². The molecule has 0 bridgehead atoms. The third-order valence-corrected chi connectivity index (χ3v) is 6.61. The van der Waals surface area contributed by atoms with E-state index >= 15 is 0 Å². The van der Waals surface area contributed by atoms with Crippen molar-refractivity contribution >= 4 is 26.7 Å². The molecule has 4 rings (SSSR count). The fourth-order valence-electron chi connectivity index (χ4n) is 3.78. The first-order chi connectivity index (χ1) is 14.5. The fraction of sp³-hybridized carbons (Fsp3) is 0.190. The highest BCUT2D eigenvalue weighted by Crippen LogP contribution is 2.31. The van der Waals surface area contributed by atoms with Crippen LogP contribution in [0.3, 0.4) is 0 Å². The SMILES string of the molecule is Cc1cc2[nH]c(=O)c(=O)[nH]c2cc1S(=O)(=O)Nc1cc(C)c(-c2cnn(C)c2)c(C)c1. The summed E-state index contributed by atoms with van der Waals surface area (Å²) in [6.45, 7) is 5.45. The average molecular weight is 439 g/mol. The summed E-state index contributed by atoms with van der Waals surface area (Å²) in [4.78, 5) is 28.0. The minimum atomic E-state index is -3.95. The number of hydrogen-bond acceptors (Lipinski definition) is 5. The van der Waals surface area contributed by atoms with Gasteiger partial charge in [-0.15, -0.1) is 0 Å². The number of H-pyrrole nitrogens is 2. The Morgan fingerprint density at radius 2 is 1.48 bits per heavy atom. The van der Waals surface area contributed by atoms with Crippen molar-refractivity contribution in [3.8, 4) is 11.1 Å². The van der Waals surface area contributed by atoms with E-state index in [1.54, 1.807) is 29.9 Å². The number of hydrogen-bond donors (Lipinski definition) is 3. The molecule has 0 saturated carbocycles. The molecule has 0 fully saturated rings. The Morgan fingerprint density at radius 1 is 0.903 bits per heavy atom. The van der Waals surface area contributed by atoms with Crippen molar-refractivity contribution in [2.24, 2.45) is 7.05 Å². The summed E-state index contributed by atoms with van der Waals surface area (Å²) >= 11 is 0. The predicted octanol–water partition coefficient (Wildman–Crippen LogP) is 2.34. The van der Waals surface area contributed by atoms with Crippen LogP contribution in [0.15, 0.2) is 51.1 Å². The van der Waals surface area contributed by atoms with Crippen LogP contribution in [0.1, 0.15) is 16.7 Å². The molecule has 3 N–H and O–H groups in total. The third-order valence-electron chi connectivity index (χ3n) is 5.09. The van der Waals surface area contributed by atoms with Crippen molar-refractivity contribution in [2.45, 2.75) is 25.7 Å². The van der Waals surface area contributed by atoms with E-state index in [-0.39, 0.29) is 10.4 Å². The van der Waals surface area contributed by atoms with Crippen molar-refractivity contribution in [1.29, 1.82) is 0 Å². The number of benzene rings is 2. The summed E-state index contributed by atoms with van der Waals surface area (Å²) in [5, 5.41) is 4.20. The van der Waals surface area contributed by atoms with Gasteiger partial charge in [0.2, 0.25) is 0 Å². The Labute approximate surface area is 177 Å². The van der Waals surface area contributed by atoms with Crippen molar-refractivity contribution in [1.82, 2.24) is 19.7 Å². The monoisotopic (exact) mass is 439 g/mol. The van der Waals surface area contributed by atoms with E-state index in [4.69, 9.17) is 0 Å². The molecule has 0 aliphatic heterocycles. The van der Waals surface area contributed by atoms with Crippen molar-refractivity contribution in [3.63, 3.8) is 0 Å². The molecule has 2 aromatic carbocycles. The second kappa shape index (κ2) is 7.24. The lowest BCUT2D eigenvalue weighted by Gasteiger charge is -2.15. The van der Waals surface area contributed by atoms with Gasteiger partial charge < -0.3 is 9.97 Å². The minimum absolute atomic E-state index is 0.00865. The highest BCUT2D eigenvalue weighted by molar-refractivity contribution is 7.92. The minimum Gasteiger partial charge on any atom is -0.316 e. The zero-order chi connectivity index (χ0) is 22.5. The molecular weight excluding hydrogens is 418 g/mol. The van der Waals surface area contributed by atoms with Crippen LogP contribution in [0.4, 0.5) is 5.69 Å². The van der Waals surface area contributed by atoms with Gasteiger partial charge in [0, 0.05) is 24.5 Å². The standard InChI is InChI=1S/C21H21N5O4S/c1-11-7-16-17(24-21(28)20(27)23-16)8-18(11)31(29,30)25-15-5-12(2)19(13(3)6-15)14-9-22-26(4)10-14/h5-10,25H,1-4H3,(H,23,27)(H,24,28). The lowest BCUT2D eigenvalue weighted by atomic mass is 9.97. The normalized spacial score (nSPS) is 11.7. The molecule has 10 heteroatoms. The topological polar surface area (TPSA) is 130 Å². The first-order valence-corrected chi connectivity index (χ1v) is 10.9. The fourth-order valence-corrected chi connectivity index (χ4v) is 5.07. The van der Waals surface area contributed by atoms with E-state index < -0.39 is 21.1 Å². The van der Waals surface area contributed by atoms with Crippen LogP contribution in [-0.2, 0) is 17.1 Å². The lowest BCUT2D eigenvalue weighted by molar-refractivity contribution is 0.600. The number of rotatable bonds is 4. The van der Waals surface area contributed by atoms with E-state index in [1.807, 2.05) is 27.1 Å². The molecule has 31 heavy (non-hydrogen) atoms. The van der Waals surface area contributed by atoms with Crippen LogP contribution in [0.25, 0.3) is 22.2 Å². The molecule has 0 radical (unpaired) electrons. The van der Waals surface area contributed by atoms with Gasteiger partial charge in [-0.3, -0.25) is 19.0 Å². The second-order valence-electron chi connectivity index (χ2n) is 7.56. The van der Waals surface area contributed by atoms with Crippen LogP contribution in [-0.4, -0.2) is 28.2 Å². The number of sulfonamides is 1. The maximum absolute atomic E-state index is 13.1. The molecule has 0 saturated heterocycles. The summed E-state index contributed by atoms with van der Waals surface area (Å²) in [5.74, 6) is 0. The van der Waals surface area contributed by atoms with Crippen molar-refractivity contribution < 1.29 is 8.42 Å². The molecule has 0 unspecified atom stereocenters. The molecule has 160 valence electrons. The quantitative estimate of drug-likeness (QED) is 0.420. The Bertz CT molecular complexity index is 1540. The number of nitrogens with one attached hydrogen (secondary N) is 3. The first-order valence-electron chi connectivity index (χ1n) is 9.45. The molecule has 9 nitrogen and oxygen atoms in total. The molecule has 2 aromatic heterocycles. The van der Waals surface area contributed by atoms with Gasteiger partial charge in [-0.05, 0) is 67.3 Å². The van der Waals surface area contributed by atoms with Gasteiger partial charge in [0.05, 0.1) is 22.1 Å². The van der Waals surface area contributed by atoms with Crippen molar-refractivity contribution in [2.75, 3.05) is 4.72 Å². The summed E-state index contributed by atoms with van der Waals surface area (Å²) in [6.07, 6.45) is 3.67. The summed E-state index contributed by atoms with van der Waals surface area (Å²) in [7, 11) is -2.11. The number of anilines is 1. The molecule has 0 aliphatic carbocycles. The van der Waals surface area contributed by atoms with E-state index in [0.29, 0.717) is 16.8 Å².